The molecule has 2 aromatic rings. The van der Waals surface area contributed by atoms with Crippen LogP contribution in [-0.4, -0.2) is 61.8 Å². The van der Waals surface area contributed by atoms with E-state index in [1.54, 1.807) is 0 Å². The van der Waals surface area contributed by atoms with Gasteiger partial charge in [0, 0.05) is 36.7 Å². The molecule has 0 radical (unpaired) electrons. The number of hydrogen-bond donors (Lipinski definition) is 3. The Hall–Kier alpha value is -1.49. The molecule has 1 aromatic carbocycles. The normalized spacial score (nSPS) is 12.3. The molecule has 0 atom stereocenters. The summed E-state index contributed by atoms with van der Waals surface area (Å²) in [7, 11) is 1.47. The predicted molar refractivity (Wildman–Crippen MR) is 120 cm³/mol. The van der Waals surface area contributed by atoms with Gasteiger partial charge in [0.15, 0.2) is 5.96 Å². The van der Waals surface area contributed by atoms with Crippen molar-refractivity contribution in [2.45, 2.75) is 25.9 Å². The Morgan fingerprint density at radius 3 is 2.68 bits per heavy atom. The topological polar surface area (TPSA) is 55.5 Å². The van der Waals surface area contributed by atoms with Crippen molar-refractivity contribution in [2.75, 3.05) is 39.8 Å². The number of nitrogens with zero attached hydrogens (tertiary/aromatic N) is 2. The fourth-order valence-corrected chi connectivity index (χ4v) is 2.91. The van der Waals surface area contributed by atoms with Crippen molar-refractivity contribution in [3.05, 3.63) is 36.0 Å². The minimum atomic E-state index is -4.16. The van der Waals surface area contributed by atoms with Crippen molar-refractivity contribution in [2.24, 2.45) is 4.99 Å². The van der Waals surface area contributed by atoms with Crippen LogP contribution in [0.4, 0.5) is 13.2 Å². The number of guanidine groups is 1. The van der Waals surface area contributed by atoms with E-state index in [0.717, 1.165) is 25.0 Å². The summed E-state index contributed by atoms with van der Waals surface area (Å²) in [6, 6.07) is 8.17. The summed E-state index contributed by atoms with van der Waals surface area (Å²) in [6.45, 7) is 3.38. The highest BCUT2D eigenvalue weighted by Gasteiger charge is 2.28. The largest absolute Gasteiger partial charge is 0.401 e. The number of alkyl halides is 3. The number of aromatic nitrogens is 1. The first-order valence-corrected chi connectivity index (χ1v) is 9.21. The van der Waals surface area contributed by atoms with Crippen LogP contribution in [0.1, 0.15) is 18.9 Å². The fraction of sp³-hybridized carbons (Fsp3) is 0.526. The van der Waals surface area contributed by atoms with Gasteiger partial charge in [-0.05, 0) is 45.0 Å². The fourth-order valence-electron chi connectivity index (χ4n) is 2.91. The zero-order valence-corrected chi connectivity index (χ0v) is 18.6. The summed E-state index contributed by atoms with van der Waals surface area (Å²) < 4.78 is 36.9. The van der Waals surface area contributed by atoms with Gasteiger partial charge in [-0.15, -0.1) is 24.0 Å². The van der Waals surface area contributed by atoms with Gasteiger partial charge in [-0.2, -0.15) is 13.2 Å². The Kier molecular flexibility index (Phi) is 10.7. The molecule has 0 spiro atoms. The van der Waals surface area contributed by atoms with E-state index in [9.17, 15) is 13.2 Å². The molecule has 0 saturated heterocycles. The van der Waals surface area contributed by atoms with Crippen molar-refractivity contribution >= 4 is 40.8 Å². The van der Waals surface area contributed by atoms with Crippen LogP contribution < -0.4 is 10.6 Å². The molecule has 0 unspecified atom stereocenters. The first-order valence-electron chi connectivity index (χ1n) is 9.21. The van der Waals surface area contributed by atoms with Crippen molar-refractivity contribution in [3.63, 3.8) is 0 Å². The van der Waals surface area contributed by atoms with Crippen molar-refractivity contribution in [1.29, 1.82) is 0 Å². The smallest absolute Gasteiger partial charge is 0.361 e. The van der Waals surface area contributed by atoms with Crippen LogP contribution in [0.5, 0.6) is 0 Å². The number of nitrogens with one attached hydrogen (secondary N) is 3. The average molecular weight is 511 g/mol. The molecule has 0 fully saturated rings. The summed E-state index contributed by atoms with van der Waals surface area (Å²) in [4.78, 5) is 8.97. The lowest BCUT2D eigenvalue weighted by molar-refractivity contribution is -0.143. The monoisotopic (exact) mass is 511 g/mol. The van der Waals surface area contributed by atoms with Gasteiger partial charge in [-0.3, -0.25) is 9.89 Å². The number of fused-ring (bicyclic) bond motifs is 1. The van der Waals surface area contributed by atoms with Gasteiger partial charge in [0.2, 0.25) is 0 Å². The van der Waals surface area contributed by atoms with Gasteiger partial charge < -0.3 is 15.6 Å². The summed E-state index contributed by atoms with van der Waals surface area (Å²) in [5.74, 6) is 0.691. The second-order valence-electron chi connectivity index (χ2n) is 6.50. The third-order valence-electron chi connectivity index (χ3n) is 4.12. The van der Waals surface area contributed by atoms with E-state index >= 15 is 0 Å². The number of H-pyrrole nitrogens is 1. The molecule has 2 rings (SSSR count). The molecule has 28 heavy (non-hydrogen) atoms. The van der Waals surface area contributed by atoms with E-state index in [0.29, 0.717) is 25.5 Å². The second kappa shape index (κ2) is 12.2. The average Bonchev–Trinajstić information content (AvgIpc) is 3.00. The van der Waals surface area contributed by atoms with E-state index < -0.39 is 12.7 Å². The maximum Gasteiger partial charge on any atom is 0.401 e. The standard InChI is InChI=1S/C19H28F3N5.HI/c1-3-23-18(24-10-6-12-27(2)14-19(20,21)22)25-11-9-15-13-26-17-8-5-4-7-16(15)17;/h4-5,7-8,13,26H,3,6,9-12,14H2,1-2H3,(H2,23,24,25);1H. The van der Waals surface area contributed by atoms with Crippen LogP contribution in [0.2, 0.25) is 0 Å². The van der Waals surface area contributed by atoms with Crippen LogP contribution in [0, 0.1) is 0 Å². The lowest BCUT2D eigenvalue weighted by Gasteiger charge is -2.18. The van der Waals surface area contributed by atoms with E-state index in [1.807, 2.05) is 31.3 Å². The maximum atomic E-state index is 12.3. The van der Waals surface area contributed by atoms with Gasteiger partial charge >= 0.3 is 6.18 Å². The first kappa shape index (κ1) is 24.5. The molecule has 9 heteroatoms. The summed E-state index contributed by atoms with van der Waals surface area (Å²) in [5.41, 5.74) is 2.36. The molecule has 0 saturated carbocycles. The van der Waals surface area contributed by atoms with Crippen LogP contribution in [0.25, 0.3) is 10.9 Å². The predicted octanol–water partition coefficient (Wildman–Crippen LogP) is 3.77. The van der Waals surface area contributed by atoms with Gasteiger partial charge in [-0.25, -0.2) is 0 Å². The van der Waals surface area contributed by atoms with Crippen LogP contribution in [0.15, 0.2) is 35.5 Å². The molecule has 0 aliphatic heterocycles. The number of halogens is 4. The number of benzene rings is 1. The Morgan fingerprint density at radius 1 is 1.21 bits per heavy atom. The number of aliphatic imine (C=N–C) groups is 1. The number of para-hydroxylation sites is 1. The highest BCUT2D eigenvalue weighted by atomic mass is 127. The Morgan fingerprint density at radius 2 is 1.96 bits per heavy atom. The molecule has 0 amide bonds. The Balaban J connectivity index is 0.00000392. The van der Waals surface area contributed by atoms with Crippen LogP contribution in [-0.2, 0) is 6.42 Å². The van der Waals surface area contributed by atoms with Crippen LogP contribution in [0.3, 0.4) is 0 Å². The molecule has 1 heterocycles. The summed E-state index contributed by atoms with van der Waals surface area (Å²) >= 11 is 0. The first-order chi connectivity index (χ1) is 12.9. The molecule has 158 valence electrons. The highest BCUT2D eigenvalue weighted by Crippen LogP contribution is 2.17. The van der Waals surface area contributed by atoms with Crippen molar-refractivity contribution in [1.82, 2.24) is 20.5 Å². The third-order valence-corrected chi connectivity index (χ3v) is 4.12. The Bertz CT molecular complexity index is 730. The lowest BCUT2D eigenvalue weighted by atomic mass is 10.1. The lowest BCUT2D eigenvalue weighted by Crippen LogP contribution is -2.38. The van der Waals surface area contributed by atoms with Gasteiger partial charge in [0.1, 0.15) is 0 Å². The molecular weight excluding hydrogens is 482 g/mol. The highest BCUT2D eigenvalue weighted by molar-refractivity contribution is 14.0. The number of hydrogen-bond acceptors (Lipinski definition) is 2. The minimum Gasteiger partial charge on any atom is -0.361 e. The van der Waals surface area contributed by atoms with Crippen molar-refractivity contribution < 1.29 is 13.2 Å². The summed E-state index contributed by atoms with van der Waals surface area (Å²) in [6.07, 6.45) is -0.710. The molecule has 0 bridgehead atoms. The van der Waals surface area contributed by atoms with E-state index in [4.69, 9.17) is 0 Å². The summed E-state index contributed by atoms with van der Waals surface area (Å²) in [5, 5.41) is 7.66. The van der Waals surface area contributed by atoms with Gasteiger partial charge in [0.25, 0.3) is 0 Å². The van der Waals surface area contributed by atoms with E-state index in [1.165, 1.54) is 22.9 Å². The number of aromatic amines is 1. The van der Waals surface area contributed by atoms with Gasteiger partial charge in [-0.1, -0.05) is 18.2 Å². The van der Waals surface area contributed by atoms with Gasteiger partial charge in [0.05, 0.1) is 6.54 Å². The molecule has 0 aliphatic rings. The van der Waals surface area contributed by atoms with Crippen molar-refractivity contribution in [3.8, 4) is 0 Å². The maximum absolute atomic E-state index is 12.3. The zero-order chi connectivity index (χ0) is 19.7. The third kappa shape index (κ3) is 8.68. The van der Waals surface area contributed by atoms with E-state index in [-0.39, 0.29) is 24.0 Å². The molecular formula is C19H29F3IN5. The number of rotatable bonds is 9. The molecule has 5 nitrogen and oxygen atoms in total. The molecule has 0 aliphatic carbocycles. The minimum absolute atomic E-state index is 0. The second-order valence-corrected chi connectivity index (χ2v) is 6.50. The van der Waals surface area contributed by atoms with E-state index in [2.05, 4.69) is 26.7 Å². The quantitative estimate of drug-likeness (QED) is 0.208. The SMILES string of the molecule is CCNC(=NCCCN(C)CC(F)(F)F)NCCc1c[nH]c2ccccc12.I. The zero-order valence-electron chi connectivity index (χ0n) is 16.3. The molecule has 3 N–H and O–H groups in total. The Labute approximate surface area is 181 Å². The van der Waals surface area contributed by atoms with Crippen LogP contribution >= 0.6 is 24.0 Å². The molecule has 1 aromatic heterocycles.